The number of Topliss-reactive ketones (excluding diaryl/α,β-unsaturated/α-hetero) is 1. The number of nitrogens with one attached hydrogen (secondary N) is 4. The molecular weight excluding hydrogens is 1470 g/mol. The standard InChI is InChI=1S/C66H94IN5O24S3/c1-13-69-38-31-89-44(29-42(38)84-8)94-57-52(77)49(72-96-45-28-39(73)59(35(5)90-45)98-61(81)46-32(2)48(67)55(58(87-11)54(46)85-9)95-62-53(78)56(86-10)51(76)34(4)92-62)33(3)91-63(57)93-41-21-16-14-15-18-24-66(83)30-40(74)50(71-64(82)88-12)47(41)36(66)23-27-97-99-65(6,7)25-22-43(75)70-26-19-17-20-37(68)60(79)80/h14-15,23,33-35,37-39,41-42,44-45,49,51-53,56-57,59,62-63,69,72-73,76-78,83H,13,17,19-20,22,25-31,68H2,1-12H3,(H,70,75)(H,71,82)(H,79,80)/t33-,34+,35-,37+,38+,39+,41+,42+,44+,45+,49-,51+,52+,53-,56-,57-,59-,62+,63+,66+/m1/s1. The fraction of sp³-hybridized carbons (Fsp3) is 0.682. The minimum Gasteiger partial charge on any atom is -0.492 e. The molecule has 0 radical (unpaired) electrons. The lowest BCUT2D eigenvalue weighted by atomic mass is 9.75. The molecule has 0 saturated carbocycles. The number of allylic oxidation sites excluding steroid dienone is 3. The molecule has 0 unspecified atom stereocenters. The van der Waals surface area contributed by atoms with Crippen molar-refractivity contribution >= 4 is 84.8 Å². The van der Waals surface area contributed by atoms with Gasteiger partial charge in [-0.05, 0) is 114 Å². The average Bonchev–Trinajstić information content (AvgIpc) is 0.760. The lowest BCUT2D eigenvalue weighted by Gasteiger charge is -2.46. The van der Waals surface area contributed by atoms with Gasteiger partial charge in [-0.25, -0.2) is 4.79 Å². The van der Waals surface area contributed by atoms with Crippen molar-refractivity contribution in [2.45, 2.75) is 226 Å². The van der Waals surface area contributed by atoms with Crippen LogP contribution in [0, 0.1) is 34.2 Å². The van der Waals surface area contributed by atoms with Crippen molar-refractivity contribution in [1.82, 2.24) is 21.4 Å². The molecule has 4 fully saturated rings. The Kier molecular flexibility index (Phi) is 31.3. The zero-order chi connectivity index (χ0) is 72.6. The molecule has 1 aromatic carbocycles. The lowest BCUT2D eigenvalue weighted by molar-refractivity contribution is -0.336. The number of methoxy groups -OCH3 is 5. The number of amides is 2. The highest BCUT2D eigenvalue weighted by molar-refractivity contribution is 14.1. The zero-order valence-electron chi connectivity index (χ0n) is 57.4. The van der Waals surface area contributed by atoms with Gasteiger partial charge in [-0.2, -0.15) is 5.48 Å². The maximum atomic E-state index is 14.5. The minimum atomic E-state index is -2.17. The number of unbranched alkanes of at least 4 members (excludes halogenated alkanes) is 1. The number of aliphatic hydroxyl groups is 5. The van der Waals surface area contributed by atoms with Crippen molar-refractivity contribution < 1.29 is 116 Å². The number of halogens is 1. The van der Waals surface area contributed by atoms with Crippen LogP contribution in [0.5, 0.6) is 17.2 Å². The number of carbonyl (C=O) groups is 5. The maximum Gasteiger partial charge on any atom is 0.411 e. The van der Waals surface area contributed by atoms with E-state index in [0.717, 1.165) is 18.9 Å². The third-order valence-corrected chi connectivity index (χ3v) is 23.3. The van der Waals surface area contributed by atoms with Gasteiger partial charge in [-0.15, -0.1) is 0 Å². The van der Waals surface area contributed by atoms with Gasteiger partial charge >= 0.3 is 12.1 Å². The van der Waals surface area contributed by atoms with Gasteiger partial charge in [0.2, 0.25) is 23.1 Å². The third-order valence-electron chi connectivity index (χ3n) is 17.5. The van der Waals surface area contributed by atoms with Gasteiger partial charge < -0.3 is 104 Å². The van der Waals surface area contributed by atoms with E-state index >= 15 is 0 Å². The number of hydroxylamine groups is 1. The Morgan fingerprint density at radius 1 is 0.889 bits per heavy atom. The Labute approximate surface area is 602 Å². The predicted octanol–water partition coefficient (Wildman–Crippen LogP) is 3.18. The quantitative estimate of drug-likeness (QED) is 0.0167. The number of ether oxygens (including phenoxy) is 12. The molecule has 2 amide bonds. The van der Waals surface area contributed by atoms with Crippen LogP contribution in [-0.2, 0) is 61.9 Å². The Morgan fingerprint density at radius 3 is 2.27 bits per heavy atom. The number of carboxylic acid groups (broad SMARTS) is 1. The molecule has 7 rings (SSSR count). The number of thioether (sulfide) groups is 1. The van der Waals surface area contributed by atoms with Crippen molar-refractivity contribution in [3.63, 3.8) is 0 Å². The summed E-state index contributed by atoms with van der Waals surface area (Å²) in [7, 11) is 9.59. The fourth-order valence-electron chi connectivity index (χ4n) is 12.0. The van der Waals surface area contributed by atoms with E-state index in [2.05, 4.69) is 45.1 Å². The summed E-state index contributed by atoms with van der Waals surface area (Å²) in [6, 6.07) is -2.32. The van der Waals surface area contributed by atoms with Crippen LogP contribution in [0.3, 0.4) is 0 Å². The molecule has 0 spiro atoms. The van der Waals surface area contributed by atoms with Gasteiger partial charge in [-0.3, -0.25) is 29.3 Å². The van der Waals surface area contributed by atoms with E-state index in [-0.39, 0.29) is 83.2 Å². The molecule has 20 atom stereocenters. The Morgan fingerprint density at radius 2 is 1.61 bits per heavy atom. The highest BCUT2D eigenvalue weighted by Crippen LogP contribution is 2.49. The summed E-state index contributed by atoms with van der Waals surface area (Å²) in [5, 5.41) is 75.2. The van der Waals surface area contributed by atoms with Gasteiger partial charge in [-0.1, -0.05) is 70.0 Å². The third kappa shape index (κ3) is 21.0. The Bertz CT molecular complexity index is 3210. The molecule has 99 heavy (non-hydrogen) atoms. The first-order valence-electron chi connectivity index (χ1n) is 32.5. The molecular formula is C66H94IN5O24S3. The van der Waals surface area contributed by atoms with Gasteiger partial charge in [0, 0.05) is 61.7 Å². The number of hydrogen-bond donors (Lipinski definition) is 11. The van der Waals surface area contributed by atoms with Crippen molar-refractivity contribution in [1.29, 1.82) is 0 Å². The van der Waals surface area contributed by atoms with Crippen molar-refractivity contribution in [3.05, 3.63) is 49.8 Å². The number of nitrogens with two attached hydrogens (primary N) is 1. The molecule has 12 N–H and O–H groups in total. The number of likely N-dealkylation sites (N-methyl/N-ethyl adjacent to an activating group) is 1. The highest BCUT2D eigenvalue weighted by atomic mass is 127. The summed E-state index contributed by atoms with van der Waals surface area (Å²) in [4.78, 5) is 72.1. The molecule has 552 valence electrons. The number of benzene rings is 1. The fourth-order valence-corrected chi connectivity index (χ4v) is 16.2. The SMILES string of the molecule is CCN[C@H]1CO[C@@H](O[C@H]2[C@H](O[C@H]3C#CC=CC#C[C@]4(O)CC(=O)C(NC(=O)OC)=C3C4=CCSSC(C)(C)CCC(=O)NCCCC[C@H](N)C(=O)O)O[C@H](C)[C@@H](NO[C@H]3C[C@H](O)[C@H](SC(=O)c4c(C)c(I)c(O[C@@H]5O[C@@H](C)[C@H](O)[C@@H](OC)[C@H]5O)c(OC)c4OC)[C@@H](C)O3)[C@@H]2O)C[C@@H]1OC. The van der Waals surface area contributed by atoms with Crippen LogP contribution in [0.25, 0.3) is 0 Å². The number of alkyl carbamates (subject to hydrolysis) is 1. The predicted molar refractivity (Wildman–Crippen MR) is 372 cm³/mol. The summed E-state index contributed by atoms with van der Waals surface area (Å²) < 4.78 is 72.5. The number of carbonyl (C=O) groups excluding carboxylic acids is 4. The van der Waals surface area contributed by atoms with Crippen molar-refractivity contribution in [2.75, 3.05) is 61.0 Å². The van der Waals surface area contributed by atoms with Crippen molar-refractivity contribution in [2.24, 2.45) is 5.73 Å². The van der Waals surface area contributed by atoms with E-state index in [0.29, 0.717) is 47.9 Å². The first-order chi connectivity index (χ1) is 47.0. The van der Waals surface area contributed by atoms with E-state index in [1.165, 1.54) is 55.1 Å². The summed E-state index contributed by atoms with van der Waals surface area (Å²) in [5.41, 5.74) is 6.52. The second-order valence-corrected chi connectivity index (χ2v) is 30.2. The molecule has 2 aliphatic carbocycles. The highest BCUT2D eigenvalue weighted by Gasteiger charge is 2.52. The van der Waals surface area contributed by atoms with E-state index in [1.807, 2.05) is 43.4 Å². The van der Waals surface area contributed by atoms with Crippen LogP contribution in [0.1, 0.15) is 109 Å². The van der Waals surface area contributed by atoms with Crippen molar-refractivity contribution in [3.8, 4) is 40.9 Å². The van der Waals surface area contributed by atoms with E-state index in [4.69, 9.17) is 72.5 Å². The maximum absolute atomic E-state index is 14.5. The number of fused-ring (bicyclic) bond motifs is 2. The van der Waals surface area contributed by atoms with Crippen LogP contribution in [-0.4, -0.2) is 247 Å². The smallest absolute Gasteiger partial charge is 0.411 e. The monoisotopic (exact) mass is 1560 g/mol. The molecule has 4 saturated heterocycles. The molecule has 4 heterocycles. The summed E-state index contributed by atoms with van der Waals surface area (Å²) in [5.74, 6) is 9.85. The number of carboxylic acids is 1. The van der Waals surface area contributed by atoms with Crippen LogP contribution < -0.4 is 41.4 Å². The summed E-state index contributed by atoms with van der Waals surface area (Å²) in [6.07, 6.45) is -12.6. The van der Waals surface area contributed by atoms with Gasteiger partial charge in [0.15, 0.2) is 41.8 Å². The zero-order valence-corrected chi connectivity index (χ0v) is 62.0. The second-order valence-electron chi connectivity index (χ2n) is 25.0. The van der Waals surface area contributed by atoms with Gasteiger partial charge in [0.1, 0.15) is 42.7 Å². The molecule has 29 nitrogen and oxygen atoms in total. The first kappa shape index (κ1) is 81.9. The molecule has 33 heteroatoms. The molecule has 1 aromatic rings. The number of hydrogen-bond acceptors (Lipinski definition) is 29. The number of rotatable bonds is 31. The largest absolute Gasteiger partial charge is 0.492 e. The molecule has 6 aliphatic rings. The van der Waals surface area contributed by atoms with Gasteiger partial charge in [0.25, 0.3) is 0 Å². The van der Waals surface area contributed by atoms with Gasteiger partial charge in [0.05, 0.1) is 97.0 Å². The van der Waals surface area contributed by atoms with Crippen LogP contribution >= 0.6 is 55.9 Å². The topological polar surface area (TPSA) is 401 Å². The van der Waals surface area contributed by atoms with Crippen LogP contribution in [0.2, 0.25) is 0 Å². The molecule has 4 aliphatic heterocycles. The second kappa shape index (κ2) is 37.9. The van der Waals surface area contributed by atoms with E-state index < -0.39 is 149 Å². The molecule has 2 bridgehead atoms. The number of aliphatic carboxylic acids is 1. The Hall–Kier alpha value is -4.39. The normalized spacial score (nSPS) is 32.4. The van der Waals surface area contributed by atoms with E-state index in [1.54, 1.807) is 40.9 Å². The Balaban J connectivity index is 1.10. The van der Waals surface area contributed by atoms with Crippen LogP contribution in [0.4, 0.5) is 4.79 Å². The summed E-state index contributed by atoms with van der Waals surface area (Å²) in [6.45, 7) is 13.6. The van der Waals surface area contributed by atoms with Crippen LogP contribution in [0.15, 0.2) is 35.1 Å². The number of aliphatic hydroxyl groups excluding tert-OH is 4. The number of ketones is 1. The molecule has 0 aromatic heterocycles. The average molecular weight is 1560 g/mol. The van der Waals surface area contributed by atoms with E-state index in [9.17, 15) is 49.5 Å². The minimum absolute atomic E-state index is 0.00983. The summed E-state index contributed by atoms with van der Waals surface area (Å²) >= 11 is 2.80. The first-order valence-corrected chi connectivity index (χ1v) is 36.8. The lowest BCUT2D eigenvalue weighted by Crippen LogP contribution is -2.65.